The third kappa shape index (κ3) is 2.60. The fourth-order valence-electron chi connectivity index (χ4n) is 4.23. The number of nitrogens with one attached hydrogen (secondary N) is 1. The Balaban J connectivity index is 1.21. The van der Waals surface area contributed by atoms with Gasteiger partial charge in [-0.05, 0) is 37.2 Å². The van der Waals surface area contributed by atoms with Crippen molar-refractivity contribution < 1.29 is 9.53 Å². The van der Waals surface area contributed by atoms with E-state index < -0.39 is 0 Å². The quantitative estimate of drug-likeness (QED) is 0.932. The molecule has 2 aliphatic heterocycles. The smallest absolute Gasteiger partial charge is 0.317 e. The van der Waals surface area contributed by atoms with Crippen LogP contribution in [0.5, 0.6) is 0 Å². The summed E-state index contributed by atoms with van der Waals surface area (Å²) in [5.74, 6) is 0.693. The SMILES string of the molecule is O=C(NCC1CCCO1)N1CC2(CC(c3ccccc3)C2)C1. The average molecular weight is 300 g/mol. The number of likely N-dealkylation sites (tertiary alicyclic amines) is 1. The van der Waals surface area contributed by atoms with Gasteiger partial charge in [0, 0.05) is 31.7 Å². The first-order valence-electron chi connectivity index (χ1n) is 8.43. The minimum Gasteiger partial charge on any atom is -0.376 e. The highest BCUT2D eigenvalue weighted by atomic mass is 16.5. The molecular weight excluding hydrogens is 276 g/mol. The fraction of sp³-hybridized carbons (Fsp3) is 0.611. The Bertz CT molecular complexity index is 525. The van der Waals surface area contributed by atoms with Crippen molar-refractivity contribution in [3.8, 4) is 0 Å². The van der Waals surface area contributed by atoms with Crippen molar-refractivity contribution >= 4 is 6.03 Å². The number of carbonyl (C=O) groups is 1. The van der Waals surface area contributed by atoms with Crippen LogP contribution in [-0.4, -0.2) is 43.3 Å². The van der Waals surface area contributed by atoms with Gasteiger partial charge in [-0.2, -0.15) is 0 Å². The van der Waals surface area contributed by atoms with Gasteiger partial charge in [-0.3, -0.25) is 0 Å². The Kier molecular flexibility index (Phi) is 3.57. The van der Waals surface area contributed by atoms with Crippen molar-refractivity contribution in [2.24, 2.45) is 5.41 Å². The van der Waals surface area contributed by atoms with Crippen molar-refractivity contribution in [2.45, 2.75) is 37.7 Å². The number of urea groups is 1. The van der Waals surface area contributed by atoms with Gasteiger partial charge in [0.05, 0.1) is 6.10 Å². The first kappa shape index (κ1) is 14.1. The second kappa shape index (κ2) is 5.58. The highest BCUT2D eigenvalue weighted by Crippen LogP contribution is 2.55. The second-order valence-electron chi connectivity index (χ2n) is 7.19. The van der Waals surface area contributed by atoms with E-state index in [1.54, 1.807) is 0 Å². The van der Waals surface area contributed by atoms with Crippen LogP contribution in [0.25, 0.3) is 0 Å². The molecule has 0 aromatic heterocycles. The second-order valence-corrected chi connectivity index (χ2v) is 7.19. The molecule has 3 aliphatic rings. The van der Waals surface area contributed by atoms with Gasteiger partial charge in [-0.1, -0.05) is 30.3 Å². The van der Waals surface area contributed by atoms with Crippen LogP contribution in [0.4, 0.5) is 4.79 Å². The Labute approximate surface area is 131 Å². The van der Waals surface area contributed by atoms with E-state index in [0.29, 0.717) is 17.9 Å². The van der Waals surface area contributed by atoms with Crippen LogP contribution in [-0.2, 0) is 4.74 Å². The monoisotopic (exact) mass is 300 g/mol. The summed E-state index contributed by atoms with van der Waals surface area (Å²) in [6, 6.07) is 10.8. The van der Waals surface area contributed by atoms with Gasteiger partial charge in [0.2, 0.25) is 0 Å². The minimum absolute atomic E-state index is 0.0873. The van der Waals surface area contributed by atoms with Gasteiger partial charge in [-0.25, -0.2) is 4.79 Å². The van der Waals surface area contributed by atoms with E-state index in [0.717, 1.165) is 32.5 Å². The van der Waals surface area contributed by atoms with Gasteiger partial charge in [0.25, 0.3) is 0 Å². The molecule has 1 unspecified atom stereocenters. The van der Waals surface area contributed by atoms with Crippen LogP contribution in [0.2, 0.25) is 0 Å². The predicted octanol–water partition coefficient (Wildman–Crippen LogP) is 2.75. The highest BCUT2D eigenvalue weighted by Gasteiger charge is 2.53. The maximum absolute atomic E-state index is 12.1. The number of amides is 2. The lowest BCUT2D eigenvalue weighted by Gasteiger charge is -2.59. The molecule has 3 fully saturated rings. The zero-order valence-corrected chi connectivity index (χ0v) is 13.0. The Morgan fingerprint density at radius 2 is 2.05 bits per heavy atom. The lowest BCUT2D eigenvalue weighted by atomic mass is 9.56. The highest BCUT2D eigenvalue weighted by molar-refractivity contribution is 5.75. The maximum Gasteiger partial charge on any atom is 0.317 e. The van der Waals surface area contributed by atoms with Crippen LogP contribution in [0.15, 0.2) is 30.3 Å². The van der Waals surface area contributed by atoms with Crippen molar-refractivity contribution in [3.63, 3.8) is 0 Å². The number of benzene rings is 1. The molecule has 1 atom stereocenters. The normalized spacial score (nSPS) is 26.5. The lowest BCUT2D eigenvalue weighted by molar-refractivity contribution is -0.0477. The van der Waals surface area contributed by atoms with E-state index in [1.165, 1.54) is 18.4 Å². The van der Waals surface area contributed by atoms with Crippen LogP contribution in [0.3, 0.4) is 0 Å². The first-order valence-corrected chi connectivity index (χ1v) is 8.43. The topological polar surface area (TPSA) is 41.6 Å². The number of nitrogens with zero attached hydrogens (tertiary/aromatic N) is 1. The van der Waals surface area contributed by atoms with E-state index in [-0.39, 0.29) is 12.1 Å². The molecular formula is C18H24N2O2. The van der Waals surface area contributed by atoms with E-state index in [2.05, 4.69) is 35.6 Å². The molecule has 4 heteroatoms. The van der Waals surface area contributed by atoms with E-state index in [1.807, 2.05) is 4.90 Å². The molecule has 1 aliphatic carbocycles. The zero-order chi connectivity index (χ0) is 15.0. The van der Waals surface area contributed by atoms with E-state index in [4.69, 9.17) is 4.74 Å². The molecule has 4 nitrogen and oxygen atoms in total. The van der Waals surface area contributed by atoms with Crippen LogP contribution in [0.1, 0.15) is 37.2 Å². The number of carbonyl (C=O) groups excluding carboxylic acids is 1. The molecule has 22 heavy (non-hydrogen) atoms. The molecule has 4 rings (SSSR count). The van der Waals surface area contributed by atoms with Crippen LogP contribution >= 0.6 is 0 Å². The summed E-state index contributed by atoms with van der Waals surface area (Å²) >= 11 is 0. The Hall–Kier alpha value is -1.55. The summed E-state index contributed by atoms with van der Waals surface area (Å²) in [5.41, 5.74) is 1.86. The summed E-state index contributed by atoms with van der Waals surface area (Å²) in [6.07, 6.45) is 4.88. The maximum atomic E-state index is 12.1. The molecule has 1 aromatic carbocycles. The Morgan fingerprint density at radius 3 is 2.73 bits per heavy atom. The molecule has 2 heterocycles. The largest absolute Gasteiger partial charge is 0.376 e. The molecule has 1 N–H and O–H groups in total. The molecule has 0 bridgehead atoms. The first-order chi connectivity index (χ1) is 10.7. The minimum atomic E-state index is 0.0873. The van der Waals surface area contributed by atoms with Crippen LogP contribution in [0, 0.1) is 5.41 Å². The molecule has 2 amide bonds. The van der Waals surface area contributed by atoms with E-state index in [9.17, 15) is 4.79 Å². The van der Waals surface area contributed by atoms with Crippen molar-refractivity contribution in [1.82, 2.24) is 10.2 Å². The summed E-state index contributed by atoms with van der Waals surface area (Å²) in [6.45, 7) is 3.35. The molecule has 0 radical (unpaired) electrons. The molecule has 1 aromatic rings. The summed E-state index contributed by atoms with van der Waals surface area (Å²) in [7, 11) is 0. The molecule has 118 valence electrons. The van der Waals surface area contributed by atoms with E-state index >= 15 is 0 Å². The van der Waals surface area contributed by atoms with Crippen LogP contribution < -0.4 is 5.32 Å². The number of ether oxygens (including phenoxy) is 1. The average Bonchev–Trinajstić information content (AvgIpc) is 2.96. The Morgan fingerprint density at radius 1 is 1.27 bits per heavy atom. The summed E-state index contributed by atoms with van der Waals surface area (Å²) in [4.78, 5) is 14.1. The number of hydrogen-bond donors (Lipinski definition) is 1. The fourth-order valence-corrected chi connectivity index (χ4v) is 4.23. The number of hydrogen-bond acceptors (Lipinski definition) is 2. The molecule has 1 saturated carbocycles. The molecule has 1 spiro atoms. The van der Waals surface area contributed by atoms with Gasteiger partial charge >= 0.3 is 6.03 Å². The van der Waals surface area contributed by atoms with Crippen molar-refractivity contribution in [2.75, 3.05) is 26.2 Å². The zero-order valence-electron chi connectivity index (χ0n) is 13.0. The van der Waals surface area contributed by atoms with Gasteiger partial charge < -0.3 is 15.0 Å². The lowest BCUT2D eigenvalue weighted by Crippen LogP contribution is -2.65. The number of rotatable bonds is 3. The van der Waals surface area contributed by atoms with Crippen molar-refractivity contribution in [3.05, 3.63) is 35.9 Å². The third-order valence-electron chi connectivity index (χ3n) is 5.47. The molecule has 2 saturated heterocycles. The predicted molar refractivity (Wildman–Crippen MR) is 84.8 cm³/mol. The summed E-state index contributed by atoms with van der Waals surface area (Å²) in [5, 5.41) is 3.02. The standard InChI is InChI=1S/C18H24N2O2/c21-17(19-11-16-7-4-8-22-16)20-12-18(13-20)9-15(10-18)14-5-2-1-3-6-14/h1-3,5-6,15-16H,4,7-13H2,(H,19,21). The van der Waals surface area contributed by atoms with Crippen molar-refractivity contribution in [1.29, 1.82) is 0 Å². The van der Waals surface area contributed by atoms with Gasteiger partial charge in [0.15, 0.2) is 0 Å². The third-order valence-corrected chi connectivity index (χ3v) is 5.47. The summed E-state index contributed by atoms with van der Waals surface area (Å²) < 4.78 is 5.54. The van der Waals surface area contributed by atoms with Gasteiger partial charge in [0.1, 0.15) is 0 Å². The van der Waals surface area contributed by atoms with Gasteiger partial charge in [-0.15, -0.1) is 0 Å².